The van der Waals surface area contributed by atoms with E-state index in [1.54, 1.807) is 0 Å². The van der Waals surface area contributed by atoms with E-state index in [2.05, 4.69) is 5.32 Å². The fourth-order valence-corrected chi connectivity index (χ4v) is 2.75. The lowest BCUT2D eigenvalue weighted by Gasteiger charge is -2.22. The summed E-state index contributed by atoms with van der Waals surface area (Å²) < 4.78 is 4.76. The Kier molecular flexibility index (Phi) is 2.91. The molecule has 1 amide bonds. The minimum atomic E-state index is -0.378. The van der Waals surface area contributed by atoms with Gasteiger partial charge in [0, 0.05) is 6.04 Å². The van der Waals surface area contributed by atoms with Crippen molar-refractivity contribution in [2.24, 2.45) is 11.8 Å². The van der Waals surface area contributed by atoms with E-state index in [-0.39, 0.29) is 19.3 Å². The van der Waals surface area contributed by atoms with E-state index in [0.29, 0.717) is 12.0 Å². The second-order valence-corrected chi connectivity index (χ2v) is 4.29. The summed E-state index contributed by atoms with van der Waals surface area (Å²) in [6.45, 7) is -0.0171. The number of ether oxygens (including phenoxy) is 1. The van der Waals surface area contributed by atoms with Gasteiger partial charge in [0.05, 0.1) is 6.61 Å². The van der Waals surface area contributed by atoms with Crippen LogP contribution in [0.5, 0.6) is 0 Å². The van der Waals surface area contributed by atoms with Crippen LogP contribution in [-0.4, -0.2) is 30.5 Å². The van der Waals surface area contributed by atoms with Gasteiger partial charge in [0.25, 0.3) is 0 Å². The predicted octanol–water partition coefficient (Wildman–Crippen LogP) is 0.893. The molecule has 0 heterocycles. The van der Waals surface area contributed by atoms with E-state index in [1.807, 2.05) is 0 Å². The van der Waals surface area contributed by atoms with Gasteiger partial charge in [-0.25, -0.2) is 4.79 Å². The van der Waals surface area contributed by atoms with Crippen LogP contribution in [0.15, 0.2) is 0 Å². The molecule has 3 unspecified atom stereocenters. The number of hydrogen-bond donors (Lipinski definition) is 2. The first-order valence-corrected chi connectivity index (χ1v) is 5.33. The summed E-state index contributed by atoms with van der Waals surface area (Å²) in [6, 6.07) is 0.319. The highest BCUT2D eigenvalue weighted by molar-refractivity contribution is 5.67. The average Bonchev–Trinajstić information content (AvgIpc) is 2.76. The molecule has 3 atom stereocenters. The third kappa shape index (κ3) is 2.00. The van der Waals surface area contributed by atoms with Gasteiger partial charge in [-0.15, -0.1) is 0 Å². The van der Waals surface area contributed by atoms with Crippen molar-refractivity contribution in [2.75, 3.05) is 13.2 Å². The molecule has 0 aromatic heterocycles. The van der Waals surface area contributed by atoms with Gasteiger partial charge in [0.2, 0.25) is 0 Å². The Labute approximate surface area is 83.6 Å². The van der Waals surface area contributed by atoms with Crippen molar-refractivity contribution in [1.29, 1.82) is 0 Å². The monoisotopic (exact) mass is 199 g/mol. The first kappa shape index (κ1) is 9.77. The molecule has 2 aliphatic carbocycles. The number of amides is 1. The number of rotatable bonds is 3. The maximum absolute atomic E-state index is 11.2. The molecule has 0 saturated heterocycles. The lowest BCUT2D eigenvalue weighted by Crippen LogP contribution is -2.39. The molecule has 80 valence electrons. The zero-order chi connectivity index (χ0) is 9.97. The fraction of sp³-hybridized carbons (Fsp3) is 0.900. The van der Waals surface area contributed by atoms with Gasteiger partial charge >= 0.3 is 6.09 Å². The van der Waals surface area contributed by atoms with Crippen LogP contribution in [0, 0.1) is 11.8 Å². The second-order valence-electron chi connectivity index (χ2n) is 4.29. The maximum atomic E-state index is 11.2. The van der Waals surface area contributed by atoms with Crippen molar-refractivity contribution in [1.82, 2.24) is 5.32 Å². The van der Waals surface area contributed by atoms with Crippen LogP contribution in [0.25, 0.3) is 0 Å². The van der Waals surface area contributed by atoms with Gasteiger partial charge in [0.15, 0.2) is 0 Å². The zero-order valence-corrected chi connectivity index (χ0v) is 8.24. The normalized spacial score (nSPS) is 34.5. The summed E-state index contributed by atoms with van der Waals surface area (Å²) in [7, 11) is 0. The van der Waals surface area contributed by atoms with Crippen LogP contribution in [0.3, 0.4) is 0 Å². The molecule has 4 heteroatoms. The van der Waals surface area contributed by atoms with Crippen molar-refractivity contribution >= 4 is 6.09 Å². The van der Waals surface area contributed by atoms with Gasteiger partial charge in [-0.3, -0.25) is 0 Å². The maximum Gasteiger partial charge on any atom is 0.407 e. The Morgan fingerprint density at radius 1 is 1.43 bits per heavy atom. The van der Waals surface area contributed by atoms with E-state index in [0.717, 1.165) is 12.3 Å². The highest BCUT2D eigenvalue weighted by Crippen LogP contribution is 2.44. The van der Waals surface area contributed by atoms with Gasteiger partial charge < -0.3 is 15.2 Å². The van der Waals surface area contributed by atoms with Crippen LogP contribution < -0.4 is 5.32 Å². The van der Waals surface area contributed by atoms with Gasteiger partial charge in [-0.05, 0) is 31.1 Å². The number of aliphatic hydroxyl groups excluding tert-OH is 1. The Morgan fingerprint density at radius 2 is 2.29 bits per heavy atom. The van der Waals surface area contributed by atoms with Crippen molar-refractivity contribution in [3.63, 3.8) is 0 Å². The Morgan fingerprint density at radius 3 is 2.86 bits per heavy atom. The van der Waals surface area contributed by atoms with E-state index in [9.17, 15) is 4.79 Å². The lowest BCUT2D eigenvalue weighted by atomic mass is 9.96. The number of alkyl carbamates (subject to hydrolysis) is 1. The quantitative estimate of drug-likeness (QED) is 0.709. The molecule has 2 rings (SSSR count). The molecule has 2 aliphatic rings. The smallest absolute Gasteiger partial charge is 0.407 e. The summed E-state index contributed by atoms with van der Waals surface area (Å²) in [6.07, 6.45) is 4.57. The highest BCUT2D eigenvalue weighted by Gasteiger charge is 2.40. The standard InChI is InChI=1S/C10H17NO3/c12-3-4-14-10(13)11-9-6-7-1-2-8(9)5-7/h7-9,12H,1-6H2,(H,11,13). The highest BCUT2D eigenvalue weighted by atomic mass is 16.6. The molecular formula is C10H17NO3. The largest absolute Gasteiger partial charge is 0.447 e. The van der Waals surface area contributed by atoms with Crippen LogP contribution in [0.2, 0.25) is 0 Å². The first-order chi connectivity index (χ1) is 6.79. The third-order valence-electron chi connectivity index (χ3n) is 3.37. The number of aliphatic hydroxyl groups is 1. The summed E-state index contributed by atoms with van der Waals surface area (Å²) in [5.74, 6) is 1.49. The van der Waals surface area contributed by atoms with Crippen molar-refractivity contribution in [3.05, 3.63) is 0 Å². The fourth-order valence-electron chi connectivity index (χ4n) is 2.75. The average molecular weight is 199 g/mol. The van der Waals surface area contributed by atoms with Crippen LogP contribution in [0.4, 0.5) is 4.79 Å². The topological polar surface area (TPSA) is 58.6 Å². The third-order valence-corrected chi connectivity index (χ3v) is 3.37. The Hall–Kier alpha value is -0.770. The first-order valence-electron chi connectivity index (χ1n) is 5.33. The van der Waals surface area contributed by atoms with Crippen molar-refractivity contribution in [2.45, 2.75) is 31.7 Å². The number of nitrogens with one attached hydrogen (secondary N) is 1. The van der Waals surface area contributed by atoms with Gasteiger partial charge in [-0.2, -0.15) is 0 Å². The number of carbonyl (C=O) groups excluding carboxylic acids is 1. The lowest BCUT2D eigenvalue weighted by molar-refractivity contribution is 0.113. The number of hydrogen-bond acceptors (Lipinski definition) is 3. The zero-order valence-electron chi connectivity index (χ0n) is 8.24. The predicted molar refractivity (Wildman–Crippen MR) is 50.8 cm³/mol. The molecule has 4 nitrogen and oxygen atoms in total. The molecule has 0 aromatic carbocycles. The SMILES string of the molecule is O=C(NC1CC2CCC1C2)OCCO. The molecule has 2 bridgehead atoms. The molecule has 0 aromatic rings. The van der Waals surface area contributed by atoms with E-state index in [1.165, 1.54) is 19.3 Å². The van der Waals surface area contributed by atoms with Crippen molar-refractivity contribution in [3.8, 4) is 0 Å². The van der Waals surface area contributed by atoms with Gasteiger partial charge in [0.1, 0.15) is 6.61 Å². The number of carbonyl (C=O) groups is 1. The Balaban J connectivity index is 1.73. The van der Waals surface area contributed by atoms with Crippen LogP contribution >= 0.6 is 0 Å². The van der Waals surface area contributed by atoms with Gasteiger partial charge in [-0.1, -0.05) is 6.42 Å². The Bertz CT molecular complexity index is 219. The minimum Gasteiger partial charge on any atom is -0.447 e. The summed E-state index contributed by atoms with van der Waals surface area (Å²) in [4.78, 5) is 11.2. The molecule has 2 saturated carbocycles. The summed E-state index contributed by atoms with van der Waals surface area (Å²) in [5, 5.41) is 11.3. The van der Waals surface area contributed by atoms with Crippen LogP contribution in [-0.2, 0) is 4.74 Å². The molecule has 2 N–H and O–H groups in total. The molecule has 2 fully saturated rings. The van der Waals surface area contributed by atoms with E-state index < -0.39 is 0 Å². The molecule has 0 aliphatic heterocycles. The van der Waals surface area contributed by atoms with Crippen LogP contribution in [0.1, 0.15) is 25.7 Å². The molecule has 14 heavy (non-hydrogen) atoms. The summed E-state index contributed by atoms with van der Waals surface area (Å²) in [5.41, 5.74) is 0. The molecule has 0 radical (unpaired) electrons. The molecular weight excluding hydrogens is 182 g/mol. The minimum absolute atomic E-state index is 0.0899. The van der Waals surface area contributed by atoms with Crippen molar-refractivity contribution < 1.29 is 14.6 Å². The summed E-state index contributed by atoms with van der Waals surface area (Å²) >= 11 is 0. The second kappa shape index (κ2) is 4.17. The van der Waals surface area contributed by atoms with E-state index >= 15 is 0 Å². The van der Waals surface area contributed by atoms with E-state index in [4.69, 9.17) is 9.84 Å². The number of fused-ring (bicyclic) bond motifs is 2. The molecule has 0 spiro atoms.